The lowest BCUT2D eigenvalue weighted by Crippen LogP contribution is -2.34. The molecule has 2 aromatic heterocycles. The van der Waals surface area contributed by atoms with E-state index in [0.717, 1.165) is 15.4 Å². The summed E-state index contributed by atoms with van der Waals surface area (Å²) in [6.07, 6.45) is 5.36. The van der Waals surface area contributed by atoms with E-state index in [0.29, 0.717) is 0 Å². The van der Waals surface area contributed by atoms with Crippen LogP contribution in [0.5, 0.6) is 0 Å². The SMILES string of the molecule is C[C@@H](N[S@](=O)C(C)(C)C)c1cnc(-c2ccncc2)s1. The Kier molecular flexibility index (Phi) is 4.67. The molecule has 6 heteroatoms. The van der Waals surface area contributed by atoms with Crippen LogP contribution in [0.15, 0.2) is 30.7 Å². The molecular weight excluding hydrogens is 290 g/mol. The van der Waals surface area contributed by atoms with Crippen molar-refractivity contribution in [3.05, 3.63) is 35.6 Å². The molecule has 0 spiro atoms. The molecule has 1 N–H and O–H groups in total. The minimum Gasteiger partial charge on any atom is -0.265 e. The van der Waals surface area contributed by atoms with Gasteiger partial charge in [0, 0.05) is 29.0 Å². The largest absolute Gasteiger partial charge is 0.265 e. The van der Waals surface area contributed by atoms with E-state index in [4.69, 9.17) is 0 Å². The summed E-state index contributed by atoms with van der Waals surface area (Å²) in [6.45, 7) is 7.88. The van der Waals surface area contributed by atoms with Gasteiger partial charge in [0.2, 0.25) is 0 Å². The summed E-state index contributed by atoms with van der Waals surface area (Å²) in [7, 11) is -1.08. The van der Waals surface area contributed by atoms with Crippen molar-refractivity contribution >= 4 is 22.3 Å². The van der Waals surface area contributed by atoms with Crippen LogP contribution in [0.2, 0.25) is 0 Å². The van der Waals surface area contributed by atoms with Crippen molar-refractivity contribution in [2.45, 2.75) is 38.5 Å². The quantitative estimate of drug-likeness (QED) is 0.942. The summed E-state index contributed by atoms with van der Waals surface area (Å²) in [5.41, 5.74) is 1.06. The van der Waals surface area contributed by atoms with Gasteiger partial charge in [-0.25, -0.2) is 13.9 Å². The van der Waals surface area contributed by atoms with Gasteiger partial charge in [0.15, 0.2) is 0 Å². The predicted molar refractivity (Wildman–Crippen MR) is 84.8 cm³/mol. The van der Waals surface area contributed by atoms with Gasteiger partial charge in [0.05, 0.1) is 21.8 Å². The molecule has 0 saturated heterocycles. The van der Waals surface area contributed by atoms with E-state index >= 15 is 0 Å². The van der Waals surface area contributed by atoms with E-state index in [9.17, 15) is 4.21 Å². The van der Waals surface area contributed by atoms with E-state index in [1.54, 1.807) is 23.7 Å². The van der Waals surface area contributed by atoms with Crippen molar-refractivity contribution in [2.75, 3.05) is 0 Å². The topological polar surface area (TPSA) is 54.9 Å². The summed E-state index contributed by atoms with van der Waals surface area (Å²) < 4.78 is 15.0. The fraction of sp³-hybridized carbons (Fsp3) is 0.429. The molecule has 2 atom stereocenters. The lowest BCUT2D eigenvalue weighted by molar-refractivity contribution is 0.618. The Balaban J connectivity index is 2.11. The van der Waals surface area contributed by atoms with Gasteiger partial charge in [-0.3, -0.25) is 4.98 Å². The first-order valence-electron chi connectivity index (χ1n) is 6.42. The maximum absolute atomic E-state index is 12.1. The Morgan fingerprint density at radius 2 is 1.95 bits per heavy atom. The minimum atomic E-state index is -1.08. The molecule has 0 bridgehead atoms. The third kappa shape index (κ3) is 3.71. The minimum absolute atomic E-state index is 0.0168. The zero-order valence-corrected chi connectivity index (χ0v) is 13.7. The van der Waals surface area contributed by atoms with Crippen LogP contribution in [0.1, 0.15) is 38.6 Å². The highest BCUT2D eigenvalue weighted by molar-refractivity contribution is 7.84. The number of hydrogen-bond acceptors (Lipinski definition) is 4. The van der Waals surface area contributed by atoms with Gasteiger partial charge in [-0.1, -0.05) is 0 Å². The van der Waals surface area contributed by atoms with Gasteiger partial charge in [0.1, 0.15) is 5.01 Å². The number of nitrogens with zero attached hydrogens (tertiary/aromatic N) is 2. The van der Waals surface area contributed by atoms with Gasteiger partial charge < -0.3 is 0 Å². The summed E-state index contributed by atoms with van der Waals surface area (Å²) in [4.78, 5) is 9.51. The van der Waals surface area contributed by atoms with Gasteiger partial charge in [0.25, 0.3) is 0 Å². The molecule has 0 unspecified atom stereocenters. The van der Waals surface area contributed by atoms with Crippen LogP contribution in [0, 0.1) is 0 Å². The number of rotatable bonds is 4. The number of thiazole rings is 1. The van der Waals surface area contributed by atoms with Crippen LogP contribution in [-0.2, 0) is 11.0 Å². The first-order valence-corrected chi connectivity index (χ1v) is 8.39. The van der Waals surface area contributed by atoms with Crippen LogP contribution in [0.3, 0.4) is 0 Å². The smallest absolute Gasteiger partial charge is 0.123 e. The van der Waals surface area contributed by atoms with Crippen molar-refractivity contribution in [1.82, 2.24) is 14.7 Å². The first kappa shape index (κ1) is 15.3. The van der Waals surface area contributed by atoms with E-state index in [-0.39, 0.29) is 10.8 Å². The normalized spacial score (nSPS) is 15.0. The highest BCUT2D eigenvalue weighted by atomic mass is 32.2. The Hall–Kier alpha value is -1.11. The molecule has 108 valence electrons. The molecule has 0 amide bonds. The van der Waals surface area contributed by atoms with Crippen LogP contribution < -0.4 is 4.72 Å². The predicted octanol–water partition coefficient (Wildman–Crippen LogP) is 3.32. The Bertz CT molecular complexity index is 590. The summed E-state index contributed by atoms with van der Waals surface area (Å²) in [5.74, 6) is 0. The third-order valence-corrected chi connectivity index (χ3v) is 5.63. The van der Waals surface area contributed by atoms with E-state index in [1.165, 1.54) is 0 Å². The molecule has 0 aliphatic rings. The maximum Gasteiger partial charge on any atom is 0.123 e. The van der Waals surface area contributed by atoms with Crippen LogP contribution in [0.4, 0.5) is 0 Å². The Morgan fingerprint density at radius 1 is 1.30 bits per heavy atom. The van der Waals surface area contributed by atoms with E-state index in [1.807, 2.05) is 46.0 Å². The fourth-order valence-corrected chi connectivity index (χ4v) is 3.31. The van der Waals surface area contributed by atoms with E-state index in [2.05, 4.69) is 14.7 Å². The van der Waals surface area contributed by atoms with Gasteiger partial charge in [-0.05, 0) is 39.8 Å². The fourth-order valence-electron chi connectivity index (χ4n) is 1.51. The summed E-state index contributed by atoms with van der Waals surface area (Å²) in [5, 5.41) is 0.956. The second kappa shape index (κ2) is 6.11. The number of nitrogens with one attached hydrogen (secondary N) is 1. The third-order valence-electron chi connectivity index (χ3n) is 2.72. The summed E-state index contributed by atoms with van der Waals surface area (Å²) in [6, 6.07) is 3.89. The van der Waals surface area contributed by atoms with Crippen molar-refractivity contribution in [1.29, 1.82) is 0 Å². The molecule has 0 saturated carbocycles. The van der Waals surface area contributed by atoms with E-state index < -0.39 is 11.0 Å². The van der Waals surface area contributed by atoms with Crippen LogP contribution in [-0.4, -0.2) is 18.9 Å². The molecular formula is C14H19N3OS2. The molecule has 0 radical (unpaired) electrons. The molecule has 4 nitrogen and oxygen atoms in total. The van der Waals surface area contributed by atoms with Gasteiger partial charge >= 0.3 is 0 Å². The van der Waals surface area contributed by atoms with Crippen molar-refractivity contribution < 1.29 is 4.21 Å². The number of hydrogen-bond donors (Lipinski definition) is 1. The zero-order valence-electron chi connectivity index (χ0n) is 12.1. The van der Waals surface area contributed by atoms with Crippen LogP contribution in [0.25, 0.3) is 10.6 Å². The van der Waals surface area contributed by atoms with Gasteiger partial charge in [-0.15, -0.1) is 11.3 Å². The zero-order chi connectivity index (χ0) is 14.8. The molecule has 2 heterocycles. The average molecular weight is 309 g/mol. The van der Waals surface area contributed by atoms with Crippen molar-refractivity contribution in [3.63, 3.8) is 0 Å². The summed E-state index contributed by atoms with van der Waals surface area (Å²) >= 11 is 1.61. The molecule has 0 aliphatic heterocycles. The molecule has 0 fully saturated rings. The molecule has 0 aromatic carbocycles. The lowest BCUT2D eigenvalue weighted by atomic mass is 10.3. The lowest BCUT2D eigenvalue weighted by Gasteiger charge is -2.21. The maximum atomic E-state index is 12.1. The molecule has 2 aromatic rings. The second-order valence-corrected chi connectivity index (χ2v) is 8.58. The highest BCUT2D eigenvalue weighted by Gasteiger charge is 2.22. The number of aromatic nitrogens is 2. The standard InChI is InChI=1S/C14H19N3OS2/c1-10(17-20(18)14(2,3)4)12-9-16-13(19-12)11-5-7-15-8-6-11/h5-10,17H,1-4H3/t10-,20-/m1/s1. The first-order chi connectivity index (χ1) is 9.38. The van der Waals surface area contributed by atoms with Crippen LogP contribution >= 0.6 is 11.3 Å². The Morgan fingerprint density at radius 3 is 2.55 bits per heavy atom. The highest BCUT2D eigenvalue weighted by Crippen LogP contribution is 2.28. The van der Waals surface area contributed by atoms with Crippen molar-refractivity contribution in [3.8, 4) is 10.6 Å². The molecule has 20 heavy (non-hydrogen) atoms. The molecule has 2 rings (SSSR count). The average Bonchev–Trinajstić information content (AvgIpc) is 2.88. The Labute approximate surface area is 126 Å². The van der Waals surface area contributed by atoms with Crippen molar-refractivity contribution in [2.24, 2.45) is 0 Å². The number of pyridine rings is 1. The van der Waals surface area contributed by atoms with Gasteiger partial charge in [-0.2, -0.15) is 0 Å². The monoisotopic (exact) mass is 309 g/mol. The molecule has 0 aliphatic carbocycles. The second-order valence-electron chi connectivity index (χ2n) is 5.52.